The maximum Gasteiger partial charge on any atom is 0.258 e. The highest BCUT2D eigenvalue weighted by atomic mass is 16.2. The summed E-state index contributed by atoms with van der Waals surface area (Å²) < 4.78 is 2.01. The molecule has 0 radical (unpaired) electrons. The normalized spacial score (nSPS) is 15.6. The lowest BCUT2D eigenvalue weighted by atomic mass is 9.97. The van der Waals surface area contributed by atoms with Crippen molar-refractivity contribution in [2.24, 2.45) is 0 Å². The standard InChI is InChI=1S/C23H34N4O/c1-7-25-11-13-26(14-12-25)23(28)20-21(16(2)3)24-27(22(20)17(4)5)19-10-8-9-18(6)15-19/h8-10,15-17H,7,11-14H2,1-6H3/p+1. The molecule has 0 unspecified atom stereocenters. The maximum absolute atomic E-state index is 13.6. The fourth-order valence-electron chi connectivity index (χ4n) is 4.10. The van der Waals surface area contributed by atoms with Gasteiger partial charge < -0.3 is 9.80 Å². The monoisotopic (exact) mass is 383 g/mol. The Hall–Kier alpha value is -2.14. The molecule has 0 spiro atoms. The van der Waals surface area contributed by atoms with Gasteiger partial charge in [-0.1, -0.05) is 39.8 Å². The summed E-state index contributed by atoms with van der Waals surface area (Å²) in [6, 6.07) is 8.36. The zero-order chi connectivity index (χ0) is 20.4. The SMILES string of the molecule is CC[NH+]1CCN(C(=O)c2c(C(C)C)nn(-c3cccc(C)c3)c2C(C)C)CC1. The first-order chi connectivity index (χ1) is 13.3. The number of benzene rings is 1. The van der Waals surface area contributed by atoms with E-state index in [0.717, 1.165) is 55.4 Å². The zero-order valence-electron chi connectivity index (χ0n) is 18.2. The summed E-state index contributed by atoms with van der Waals surface area (Å²) in [7, 11) is 0. The van der Waals surface area contributed by atoms with E-state index in [0.29, 0.717) is 0 Å². The van der Waals surface area contributed by atoms with Crippen LogP contribution >= 0.6 is 0 Å². The molecule has 1 aliphatic heterocycles. The molecule has 1 saturated heterocycles. The minimum atomic E-state index is 0.154. The van der Waals surface area contributed by atoms with Gasteiger partial charge in [-0.3, -0.25) is 4.79 Å². The maximum atomic E-state index is 13.6. The average Bonchev–Trinajstić information content (AvgIpc) is 3.09. The second kappa shape index (κ2) is 8.48. The number of hydrogen-bond donors (Lipinski definition) is 1. The number of nitrogens with one attached hydrogen (secondary N) is 1. The van der Waals surface area contributed by atoms with Crippen LogP contribution in [0.2, 0.25) is 0 Å². The number of aryl methyl sites for hydroxylation is 1. The van der Waals surface area contributed by atoms with E-state index in [-0.39, 0.29) is 17.7 Å². The summed E-state index contributed by atoms with van der Waals surface area (Å²) in [6.07, 6.45) is 0. The number of rotatable bonds is 5. The van der Waals surface area contributed by atoms with Gasteiger partial charge >= 0.3 is 0 Å². The molecule has 2 heterocycles. The van der Waals surface area contributed by atoms with Crippen LogP contribution in [0.3, 0.4) is 0 Å². The Morgan fingerprint density at radius 2 is 1.82 bits per heavy atom. The van der Waals surface area contributed by atoms with Crippen LogP contribution in [0.5, 0.6) is 0 Å². The summed E-state index contributed by atoms with van der Waals surface area (Å²) in [5, 5.41) is 4.95. The van der Waals surface area contributed by atoms with Gasteiger partial charge in [0, 0.05) is 0 Å². The van der Waals surface area contributed by atoms with Crippen molar-refractivity contribution in [3.8, 4) is 5.69 Å². The fourth-order valence-corrected chi connectivity index (χ4v) is 4.10. The molecule has 0 bridgehead atoms. The van der Waals surface area contributed by atoms with Crippen molar-refractivity contribution in [3.05, 3.63) is 46.8 Å². The van der Waals surface area contributed by atoms with Crippen LogP contribution in [0, 0.1) is 6.92 Å². The van der Waals surface area contributed by atoms with E-state index in [9.17, 15) is 4.79 Å². The minimum Gasteiger partial charge on any atom is -0.332 e. The van der Waals surface area contributed by atoms with Crippen molar-refractivity contribution in [2.45, 2.75) is 53.4 Å². The molecule has 0 atom stereocenters. The Bertz CT molecular complexity index is 829. The molecule has 5 nitrogen and oxygen atoms in total. The van der Waals surface area contributed by atoms with Crippen molar-refractivity contribution in [2.75, 3.05) is 32.7 Å². The number of hydrogen-bond acceptors (Lipinski definition) is 2. The largest absolute Gasteiger partial charge is 0.332 e. The molecule has 1 aromatic heterocycles. The third kappa shape index (κ3) is 4.00. The van der Waals surface area contributed by atoms with Gasteiger partial charge in [0.25, 0.3) is 5.91 Å². The Morgan fingerprint density at radius 1 is 1.14 bits per heavy atom. The van der Waals surface area contributed by atoms with Gasteiger partial charge in [0.1, 0.15) is 0 Å². The summed E-state index contributed by atoms with van der Waals surface area (Å²) in [5.41, 5.74) is 5.00. The zero-order valence-corrected chi connectivity index (χ0v) is 18.2. The number of carbonyl (C=O) groups excluding carboxylic acids is 1. The molecule has 1 aromatic carbocycles. The van der Waals surface area contributed by atoms with Gasteiger partial charge in [-0.25, -0.2) is 4.68 Å². The number of piperazine rings is 1. The van der Waals surface area contributed by atoms with Gasteiger partial charge in [0.15, 0.2) is 0 Å². The highest BCUT2D eigenvalue weighted by Crippen LogP contribution is 2.31. The van der Waals surface area contributed by atoms with E-state index >= 15 is 0 Å². The molecule has 1 N–H and O–H groups in total. The van der Waals surface area contributed by atoms with E-state index in [1.807, 2.05) is 9.58 Å². The van der Waals surface area contributed by atoms with Crippen molar-refractivity contribution in [1.29, 1.82) is 0 Å². The molecule has 5 heteroatoms. The smallest absolute Gasteiger partial charge is 0.258 e. The molecule has 3 rings (SSSR count). The Kier molecular flexibility index (Phi) is 6.23. The van der Waals surface area contributed by atoms with Crippen molar-refractivity contribution < 1.29 is 9.69 Å². The first-order valence-electron chi connectivity index (χ1n) is 10.7. The third-order valence-corrected chi connectivity index (χ3v) is 5.76. The minimum absolute atomic E-state index is 0.154. The topological polar surface area (TPSA) is 42.6 Å². The Balaban J connectivity index is 2.07. The van der Waals surface area contributed by atoms with Crippen molar-refractivity contribution >= 4 is 5.91 Å². The highest BCUT2D eigenvalue weighted by Gasteiger charge is 2.32. The number of likely N-dealkylation sites (N-methyl/N-ethyl adjacent to an activating group) is 1. The van der Waals surface area contributed by atoms with E-state index in [1.54, 1.807) is 4.90 Å². The quantitative estimate of drug-likeness (QED) is 0.863. The number of amides is 1. The van der Waals surface area contributed by atoms with E-state index < -0.39 is 0 Å². The second-order valence-corrected chi connectivity index (χ2v) is 8.60. The van der Waals surface area contributed by atoms with Crippen molar-refractivity contribution in [3.63, 3.8) is 0 Å². The molecule has 0 aliphatic carbocycles. The summed E-state index contributed by atoms with van der Waals surface area (Å²) in [6.45, 7) is 17.7. The van der Waals surface area contributed by atoms with Gasteiger partial charge in [0.05, 0.1) is 55.4 Å². The molecule has 1 aliphatic rings. The summed E-state index contributed by atoms with van der Waals surface area (Å²) in [5.74, 6) is 0.563. The highest BCUT2D eigenvalue weighted by molar-refractivity contribution is 5.97. The van der Waals surface area contributed by atoms with Crippen LogP contribution in [0.1, 0.15) is 73.8 Å². The van der Waals surface area contributed by atoms with Crippen LogP contribution in [-0.4, -0.2) is 53.3 Å². The first kappa shape index (κ1) is 20.6. The van der Waals surface area contributed by atoms with Crippen LogP contribution in [-0.2, 0) is 0 Å². The molecule has 1 fully saturated rings. The molecule has 28 heavy (non-hydrogen) atoms. The predicted molar refractivity (Wildman–Crippen MR) is 114 cm³/mol. The lowest BCUT2D eigenvalue weighted by Gasteiger charge is -2.32. The lowest BCUT2D eigenvalue weighted by molar-refractivity contribution is -0.902. The molecular weight excluding hydrogens is 348 g/mol. The van der Waals surface area contributed by atoms with Gasteiger partial charge in [-0.2, -0.15) is 5.10 Å². The van der Waals surface area contributed by atoms with Crippen LogP contribution < -0.4 is 4.90 Å². The summed E-state index contributed by atoms with van der Waals surface area (Å²) >= 11 is 0. The number of carbonyl (C=O) groups is 1. The van der Waals surface area contributed by atoms with E-state index in [4.69, 9.17) is 5.10 Å². The van der Waals surface area contributed by atoms with Crippen LogP contribution in [0.25, 0.3) is 5.69 Å². The van der Waals surface area contributed by atoms with Gasteiger partial charge in [-0.15, -0.1) is 0 Å². The first-order valence-corrected chi connectivity index (χ1v) is 10.7. The van der Waals surface area contributed by atoms with Crippen LogP contribution in [0.4, 0.5) is 0 Å². The summed E-state index contributed by atoms with van der Waals surface area (Å²) in [4.78, 5) is 17.2. The number of aromatic nitrogens is 2. The molecular formula is C23H35N4O+. The average molecular weight is 384 g/mol. The van der Waals surface area contributed by atoms with E-state index in [1.165, 1.54) is 5.56 Å². The molecule has 1 amide bonds. The number of nitrogens with zero attached hydrogens (tertiary/aromatic N) is 3. The van der Waals surface area contributed by atoms with Gasteiger partial charge in [-0.05, 0) is 43.4 Å². The number of quaternary nitrogens is 1. The third-order valence-electron chi connectivity index (χ3n) is 5.76. The molecule has 0 saturated carbocycles. The molecule has 152 valence electrons. The predicted octanol–water partition coefficient (Wildman–Crippen LogP) is 2.79. The lowest BCUT2D eigenvalue weighted by Crippen LogP contribution is -3.14. The van der Waals surface area contributed by atoms with Crippen molar-refractivity contribution in [1.82, 2.24) is 14.7 Å². The second-order valence-electron chi connectivity index (χ2n) is 8.60. The van der Waals surface area contributed by atoms with Crippen LogP contribution in [0.15, 0.2) is 24.3 Å². The van der Waals surface area contributed by atoms with Gasteiger partial charge in [0.2, 0.25) is 0 Å². The Morgan fingerprint density at radius 3 is 2.36 bits per heavy atom. The fraction of sp³-hybridized carbons (Fsp3) is 0.565. The Labute approximate surface area is 169 Å². The van der Waals surface area contributed by atoms with E-state index in [2.05, 4.69) is 65.8 Å². The molecule has 2 aromatic rings.